The van der Waals surface area contributed by atoms with E-state index < -0.39 is 18.5 Å². The summed E-state index contributed by atoms with van der Waals surface area (Å²) in [4.78, 5) is 23.5. The summed E-state index contributed by atoms with van der Waals surface area (Å²) < 4.78 is 20.3. The molecule has 0 radical (unpaired) electrons. The highest BCUT2D eigenvalue weighted by Crippen LogP contribution is 2.25. The molecule has 0 bridgehead atoms. The first kappa shape index (κ1) is 18.1. The number of benzene rings is 2. The van der Waals surface area contributed by atoms with Gasteiger partial charge in [-0.3, -0.25) is 4.79 Å². The topological polar surface area (TPSA) is 83.1 Å². The number of amides is 1. The zero-order chi connectivity index (χ0) is 18.1. The van der Waals surface area contributed by atoms with E-state index in [1.807, 2.05) is 6.07 Å². The Bertz CT molecular complexity index is 695. The molecule has 0 aromatic heterocycles. The average molecular weight is 345 g/mol. The Kier molecular flexibility index (Phi) is 6.65. The molecule has 0 aliphatic heterocycles. The van der Waals surface area contributed by atoms with E-state index in [1.54, 1.807) is 42.5 Å². The molecule has 0 saturated heterocycles. The van der Waals surface area contributed by atoms with Crippen LogP contribution in [0.5, 0.6) is 17.2 Å². The zero-order valence-corrected chi connectivity index (χ0v) is 14.0. The molecule has 0 aliphatic carbocycles. The van der Waals surface area contributed by atoms with Gasteiger partial charge in [-0.1, -0.05) is 18.2 Å². The van der Waals surface area contributed by atoms with Crippen LogP contribution in [0.4, 0.5) is 5.69 Å². The van der Waals surface area contributed by atoms with Crippen molar-refractivity contribution in [2.45, 2.75) is 0 Å². The van der Waals surface area contributed by atoms with E-state index in [1.165, 1.54) is 14.2 Å². The largest absolute Gasteiger partial charge is 0.497 e. The van der Waals surface area contributed by atoms with Gasteiger partial charge >= 0.3 is 5.97 Å². The first-order valence-corrected chi connectivity index (χ1v) is 7.47. The molecule has 1 amide bonds. The van der Waals surface area contributed by atoms with Gasteiger partial charge in [-0.2, -0.15) is 0 Å². The molecule has 0 spiro atoms. The first-order chi connectivity index (χ1) is 12.1. The number of carbonyl (C=O) groups excluding carboxylic acids is 2. The maximum atomic E-state index is 11.9. The molecule has 0 unspecified atom stereocenters. The maximum Gasteiger partial charge on any atom is 0.344 e. The van der Waals surface area contributed by atoms with E-state index in [-0.39, 0.29) is 6.61 Å². The molecular weight excluding hydrogens is 326 g/mol. The van der Waals surface area contributed by atoms with Crippen molar-refractivity contribution in [1.29, 1.82) is 0 Å². The molecule has 2 rings (SSSR count). The molecule has 7 nitrogen and oxygen atoms in total. The summed E-state index contributed by atoms with van der Waals surface area (Å²) in [5.41, 5.74) is 0.470. The highest BCUT2D eigenvalue weighted by atomic mass is 16.6. The Labute approximate surface area is 145 Å². The standard InChI is InChI=1S/C18H19NO6/c1-22-15-8-13(9-16(10-15)23-2)19-17(20)11-25-18(21)12-24-14-6-4-3-5-7-14/h3-10H,11-12H2,1-2H3,(H,19,20). The molecule has 1 N–H and O–H groups in total. The SMILES string of the molecule is COc1cc(NC(=O)COC(=O)COc2ccccc2)cc(OC)c1. The third-order valence-corrected chi connectivity index (χ3v) is 3.10. The smallest absolute Gasteiger partial charge is 0.344 e. The average Bonchev–Trinajstić information content (AvgIpc) is 2.65. The molecule has 25 heavy (non-hydrogen) atoms. The highest BCUT2D eigenvalue weighted by Gasteiger charge is 2.10. The van der Waals surface area contributed by atoms with Crippen molar-refractivity contribution in [3.8, 4) is 17.2 Å². The van der Waals surface area contributed by atoms with Crippen LogP contribution in [0, 0.1) is 0 Å². The van der Waals surface area contributed by atoms with Gasteiger partial charge in [0.25, 0.3) is 5.91 Å². The number of methoxy groups -OCH3 is 2. The van der Waals surface area contributed by atoms with Gasteiger partial charge in [-0.15, -0.1) is 0 Å². The fourth-order valence-electron chi connectivity index (χ4n) is 1.92. The fraction of sp³-hybridized carbons (Fsp3) is 0.222. The monoisotopic (exact) mass is 345 g/mol. The van der Waals surface area contributed by atoms with Gasteiger partial charge < -0.3 is 24.3 Å². The number of esters is 1. The van der Waals surface area contributed by atoms with Gasteiger partial charge in [0, 0.05) is 23.9 Å². The quantitative estimate of drug-likeness (QED) is 0.739. The number of rotatable bonds is 8. The van der Waals surface area contributed by atoms with E-state index in [0.717, 1.165) is 0 Å². The molecule has 132 valence electrons. The van der Waals surface area contributed by atoms with Gasteiger partial charge in [0.2, 0.25) is 0 Å². The number of carbonyl (C=O) groups is 2. The summed E-state index contributed by atoms with van der Waals surface area (Å²) in [6.45, 7) is -0.694. The summed E-state index contributed by atoms with van der Waals surface area (Å²) in [6, 6.07) is 13.8. The van der Waals surface area contributed by atoms with Gasteiger partial charge in [0.15, 0.2) is 13.2 Å². The Morgan fingerprint density at radius 2 is 1.52 bits per heavy atom. The van der Waals surface area contributed by atoms with Gasteiger partial charge in [-0.05, 0) is 12.1 Å². The number of hydrogen-bond acceptors (Lipinski definition) is 6. The summed E-state index contributed by atoms with van der Waals surface area (Å²) >= 11 is 0. The van der Waals surface area contributed by atoms with Crippen LogP contribution < -0.4 is 19.5 Å². The third-order valence-electron chi connectivity index (χ3n) is 3.10. The van der Waals surface area contributed by atoms with E-state index in [0.29, 0.717) is 22.9 Å². The fourth-order valence-corrected chi connectivity index (χ4v) is 1.92. The van der Waals surface area contributed by atoms with Crippen LogP contribution in [-0.2, 0) is 14.3 Å². The van der Waals surface area contributed by atoms with Crippen molar-refractivity contribution in [2.75, 3.05) is 32.8 Å². The second kappa shape index (κ2) is 9.17. The molecule has 0 aliphatic rings. The van der Waals surface area contributed by atoms with Gasteiger partial charge in [-0.25, -0.2) is 4.79 Å². The lowest BCUT2D eigenvalue weighted by molar-refractivity contribution is -0.149. The lowest BCUT2D eigenvalue weighted by atomic mass is 10.2. The second-order valence-electron chi connectivity index (χ2n) is 4.91. The van der Waals surface area contributed by atoms with Crippen molar-refractivity contribution in [3.63, 3.8) is 0 Å². The second-order valence-corrected chi connectivity index (χ2v) is 4.91. The summed E-state index contributed by atoms with van der Waals surface area (Å²) in [6.07, 6.45) is 0. The predicted octanol–water partition coefficient (Wildman–Crippen LogP) is 2.26. The number of ether oxygens (including phenoxy) is 4. The van der Waals surface area contributed by atoms with Crippen LogP contribution in [0.25, 0.3) is 0 Å². The number of anilines is 1. The van der Waals surface area contributed by atoms with Crippen molar-refractivity contribution in [3.05, 3.63) is 48.5 Å². The molecule has 0 atom stereocenters. The first-order valence-electron chi connectivity index (χ1n) is 7.47. The van der Waals surface area contributed by atoms with Crippen molar-refractivity contribution < 1.29 is 28.5 Å². The number of nitrogens with one attached hydrogen (secondary N) is 1. The lowest BCUT2D eigenvalue weighted by Crippen LogP contribution is -2.23. The molecular formula is C18H19NO6. The number of hydrogen-bond donors (Lipinski definition) is 1. The Hall–Kier alpha value is -3.22. The molecule has 0 saturated carbocycles. The van der Waals surface area contributed by atoms with Crippen molar-refractivity contribution in [2.24, 2.45) is 0 Å². The van der Waals surface area contributed by atoms with E-state index in [4.69, 9.17) is 18.9 Å². The van der Waals surface area contributed by atoms with Crippen LogP contribution in [0.2, 0.25) is 0 Å². The van der Waals surface area contributed by atoms with E-state index >= 15 is 0 Å². The maximum absolute atomic E-state index is 11.9. The molecule has 0 fully saturated rings. The van der Waals surface area contributed by atoms with Crippen molar-refractivity contribution >= 4 is 17.6 Å². The van der Waals surface area contributed by atoms with E-state index in [9.17, 15) is 9.59 Å². The molecule has 7 heteroatoms. The lowest BCUT2D eigenvalue weighted by Gasteiger charge is -2.10. The van der Waals surface area contributed by atoms with Gasteiger partial charge in [0.1, 0.15) is 17.2 Å². The third kappa shape index (κ3) is 6.06. The highest BCUT2D eigenvalue weighted by molar-refractivity contribution is 5.93. The molecule has 0 heterocycles. The minimum absolute atomic E-state index is 0.274. The van der Waals surface area contributed by atoms with Crippen molar-refractivity contribution in [1.82, 2.24) is 0 Å². The predicted molar refractivity (Wildman–Crippen MR) is 91.1 cm³/mol. The van der Waals surface area contributed by atoms with Gasteiger partial charge in [0.05, 0.1) is 14.2 Å². The molecule has 2 aromatic rings. The summed E-state index contributed by atoms with van der Waals surface area (Å²) in [7, 11) is 3.02. The Morgan fingerprint density at radius 3 is 2.12 bits per heavy atom. The van der Waals surface area contributed by atoms with Crippen LogP contribution in [-0.4, -0.2) is 39.3 Å². The minimum atomic E-state index is -0.637. The van der Waals surface area contributed by atoms with E-state index in [2.05, 4.69) is 5.32 Å². The number of para-hydroxylation sites is 1. The molecule has 2 aromatic carbocycles. The zero-order valence-electron chi connectivity index (χ0n) is 14.0. The normalized spacial score (nSPS) is 9.84. The van der Waals surface area contributed by atoms with Crippen LogP contribution >= 0.6 is 0 Å². The van der Waals surface area contributed by atoms with Crippen LogP contribution in [0.1, 0.15) is 0 Å². The summed E-state index contributed by atoms with van der Waals surface area (Å²) in [5, 5.41) is 2.60. The Balaban J connectivity index is 1.79. The van der Waals surface area contributed by atoms with Crippen LogP contribution in [0.3, 0.4) is 0 Å². The Morgan fingerprint density at radius 1 is 0.880 bits per heavy atom. The minimum Gasteiger partial charge on any atom is -0.497 e. The summed E-state index contributed by atoms with van der Waals surface area (Å²) in [5.74, 6) is 0.490. The van der Waals surface area contributed by atoms with Crippen LogP contribution in [0.15, 0.2) is 48.5 Å².